The summed E-state index contributed by atoms with van der Waals surface area (Å²) in [6, 6.07) is -0.199. The van der Waals surface area contributed by atoms with Gasteiger partial charge in [0.25, 0.3) is 0 Å². The normalized spacial score (nSPS) is 24.2. The van der Waals surface area contributed by atoms with E-state index in [1.807, 2.05) is 13.8 Å². The molecule has 0 aromatic carbocycles. The van der Waals surface area contributed by atoms with Crippen LogP contribution in [0.3, 0.4) is 0 Å². The van der Waals surface area contributed by atoms with Crippen LogP contribution in [0.5, 0.6) is 0 Å². The Morgan fingerprint density at radius 1 is 1.50 bits per heavy atom. The molecule has 2 N–H and O–H groups in total. The van der Waals surface area contributed by atoms with Gasteiger partial charge in [-0.05, 0) is 26.2 Å². The molecule has 2 unspecified atom stereocenters. The highest BCUT2D eigenvalue weighted by Crippen LogP contribution is 2.35. The fraction of sp³-hybridized carbons (Fsp3) is 0.857. The van der Waals surface area contributed by atoms with Crippen molar-refractivity contribution < 1.29 is 19.4 Å². The van der Waals surface area contributed by atoms with Gasteiger partial charge in [-0.2, -0.15) is 0 Å². The first-order valence-corrected chi connectivity index (χ1v) is 7.24. The molecule has 6 nitrogen and oxygen atoms in total. The van der Waals surface area contributed by atoms with Crippen LogP contribution in [0, 0.1) is 5.41 Å². The Morgan fingerprint density at radius 2 is 2.20 bits per heavy atom. The van der Waals surface area contributed by atoms with Gasteiger partial charge in [0.05, 0.1) is 11.5 Å². The third-order valence-electron chi connectivity index (χ3n) is 3.99. The van der Waals surface area contributed by atoms with E-state index < -0.39 is 11.4 Å². The van der Waals surface area contributed by atoms with E-state index in [1.54, 1.807) is 12.0 Å². The second kappa shape index (κ2) is 7.47. The van der Waals surface area contributed by atoms with Crippen LogP contribution in [-0.4, -0.2) is 54.9 Å². The summed E-state index contributed by atoms with van der Waals surface area (Å²) >= 11 is 0. The number of nitrogens with one attached hydrogen (secondary N) is 1. The molecule has 0 aliphatic carbocycles. The number of hydrogen-bond acceptors (Lipinski definition) is 3. The van der Waals surface area contributed by atoms with Gasteiger partial charge >= 0.3 is 12.0 Å². The first-order valence-electron chi connectivity index (χ1n) is 7.24. The summed E-state index contributed by atoms with van der Waals surface area (Å²) in [6.45, 7) is 5.19. The number of carboxylic acids is 1. The molecule has 0 radical (unpaired) electrons. The summed E-state index contributed by atoms with van der Waals surface area (Å²) in [4.78, 5) is 25.3. The fourth-order valence-corrected chi connectivity index (χ4v) is 2.70. The summed E-state index contributed by atoms with van der Waals surface area (Å²) < 4.78 is 5.08. The van der Waals surface area contributed by atoms with E-state index in [2.05, 4.69) is 5.32 Å². The van der Waals surface area contributed by atoms with Crippen molar-refractivity contribution in [2.24, 2.45) is 5.41 Å². The fourth-order valence-electron chi connectivity index (χ4n) is 2.70. The molecule has 0 aromatic heterocycles. The zero-order chi connectivity index (χ0) is 15.2. The Bertz CT molecular complexity index is 344. The van der Waals surface area contributed by atoms with Crippen LogP contribution in [-0.2, 0) is 9.53 Å². The lowest BCUT2D eigenvalue weighted by atomic mass is 9.76. The molecule has 1 heterocycles. The number of ether oxygens (including phenoxy) is 1. The number of hydrogen-bond donors (Lipinski definition) is 2. The van der Waals surface area contributed by atoms with E-state index in [-0.39, 0.29) is 12.1 Å². The molecule has 1 saturated heterocycles. The van der Waals surface area contributed by atoms with Crippen LogP contribution >= 0.6 is 0 Å². The van der Waals surface area contributed by atoms with Crippen molar-refractivity contribution in [3.8, 4) is 0 Å². The van der Waals surface area contributed by atoms with Gasteiger partial charge < -0.3 is 20.1 Å². The smallest absolute Gasteiger partial charge is 0.317 e. The molecule has 1 fully saturated rings. The average molecular weight is 286 g/mol. The lowest BCUT2D eigenvalue weighted by molar-refractivity contribution is -0.152. The number of carbonyl (C=O) groups is 2. The van der Waals surface area contributed by atoms with Crippen LogP contribution in [0.15, 0.2) is 0 Å². The predicted molar refractivity (Wildman–Crippen MR) is 75.7 cm³/mol. The highest BCUT2D eigenvalue weighted by atomic mass is 16.5. The first-order chi connectivity index (χ1) is 9.45. The molecule has 116 valence electrons. The maximum Gasteiger partial charge on any atom is 0.317 e. The Morgan fingerprint density at radius 3 is 2.75 bits per heavy atom. The Labute approximate surface area is 120 Å². The lowest BCUT2D eigenvalue weighted by Gasteiger charge is -2.39. The zero-order valence-corrected chi connectivity index (χ0v) is 12.6. The summed E-state index contributed by atoms with van der Waals surface area (Å²) in [5, 5.41) is 12.3. The molecule has 0 aromatic rings. The average Bonchev–Trinajstić information content (AvgIpc) is 2.44. The summed E-state index contributed by atoms with van der Waals surface area (Å²) in [5.74, 6) is -0.790. The van der Waals surface area contributed by atoms with E-state index in [9.17, 15) is 14.7 Å². The molecule has 0 saturated carbocycles. The maximum atomic E-state index is 12.1. The van der Waals surface area contributed by atoms with Gasteiger partial charge in [-0.3, -0.25) is 4.79 Å². The first kappa shape index (κ1) is 16.8. The van der Waals surface area contributed by atoms with Crippen molar-refractivity contribution in [3.63, 3.8) is 0 Å². The van der Waals surface area contributed by atoms with Crippen LogP contribution in [0.2, 0.25) is 0 Å². The summed E-state index contributed by atoms with van der Waals surface area (Å²) in [7, 11) is 1.59. The number of piperidine rings is 1. The van der Waals surface area contributed by atoms with Gasteiger partial charge in [0.1, 0.15) is 0 Å². The number of rotatable bonds is 6. The van der Waals surface area contributed by atoms with Gasteiger partial charge in [0.2, 0.25) is 0 Å². The summed E-state index contributed by atoms with van der Waals surface area (Å²) in [5.41, 5.74) is -0.781. The van der Waals surface area contributed by atoms with E-state index >= 15 is 0 Å². The molecule has 1 aliphatic heterocycles. The molecular weight excluding hydrogens is 260 g/mol. The number of aliphatic carboxylic acids is 1. The van der Waals surface area contributed by atoms with Crippen molar-refractivity contribution in [2.75, 3.05) is 26.7 Å². The van der Waals surface area contributed by atoms with Crippen LogP contribution in [0.1, 0.15) is 39.5 Å². The van der Waals surface area contributed by atoms with Crippen LogP contribution < -0.4 is 5.32 Å². The lowest BCUT2D eigenvalue weighted by Crippen LogP contribution is -2.53. The van der Waals surface area contributed by atoms with E-state index in [4.69, 9.17) is 4.74 Å². The number of methoxy groups -OCH3 is 1. The van der Waals surface area contributed by atoms with Crippen molar-refractivity contribution in [3.05, 3.63) is 0 Å². The molecule has 2 amide bonds. The molecule has 1 aliphatic rings. The topological polar surface area (TPSA) is 78.9 Å². The quantitative estimate of drug-likeness (QED) is 0.779. The Hall–Kier alpha value is -1.30. The maximum absolute atomic E-state index is 12.1. The van der Waals surface area contributed by atoms with Gasteiger partial charge in [0, 0.05) is 26.7 Å². The number of nitrogens with zero attached hydrogens (tertiary/aromatic N) is 1. The molecular formula is C14H26N2O4. The number of urea groups is 1. The molecule has 20 heavy (non-hydrogen) atoms. The molecule has 6 heteroatoms. The second-order valence-electron chi connectivity index (χ2n) is 5.59. The van der Waals surface area contributed by atoms with Crippen molar-refractivity contribution in [2.45, 2.75) is 45.6 Å². The van der Waals surface area contributed by atoms with Crippen molar-refractivity contribution in [1.29, 1.82) is 0 Å². The van der Waals surface area contributed by atoms with Gasteiger partial charge in [-0.15, -0.1) is 0 Å². The SMILES string of the molecule is CCCC1(C(=O)O)CCCN(C(=O)NCC(C)OC)C1. The zero-order valence-electron chi connectivity index (χ0n) is 12.6. The number of likely N-dealkylation sites (tertiary alicyclic amines) is 1. The molecule has 0 bridgehead atoms. The third-order valence-corrected chi connectivity index (χ3v) is 3.99. The largest absolute Gasteiger partial charge is 0.481 e. The molecule has 1 rings (SSSR count). The highest BCUT2D eigenvalue weighted by molar-refractivity contribution is 5.78. The van der Waals surface area contributed by atoms with E-state index in [0.717, 1.165) is 12.8 Å². The number of carbonyl (C=O) groups excluding carboxylic acids is 1. The summed E-state index contributed by atoms with van der Waals surface area (Å²) in [6.07, 6.45) is 2.75. The van der Waals surface area contributed by atoms with Gasteiger partial charge in [-0.1, -0.05) is 13.3 Å². The Kier molecular flexibility index (Phi) is 6.26. The second-order valence-corrected chi connectivity index (χ2v) is 5.59. The molecule has 0 spiro atoms. The number of carboxylic acid groups (broad SMARTS) is 1. The predicted octanol–water partition coefficient (Wildman–Crippen LogP) is 1.70. The van der Waals surface area contributed by atoms with Crippen molar-refractivity contribution >= 4 is 12.0 Å². The van der Waals surface area contributed by atoms with Crippen LogP contribution in [0.4, 0.5) is 4.79 Å². The monoisotopic (exact) mass is 286 g/mol. The Balaban J connectivity index is 2.63. The van der Waals surface area contributed by atoms with E-state index in [1.165, 1.54) is 0 Å². The van der Waals surface area contributed by atoms with Gasteiger partial charge in [-0.25, -0.2) is 4.79 Å². The standard InChI is InChI=1S/C14H26N2O4/c1-4-6-14(12(17)18)7-5-8-16(10-14)13(19)15-9-11(2)20-3/h11H,4-10H2,1-3H3,(H,15,19)(H,17,18). The van der Waals surface area contributed by atoms with Crippen LogP contribution in [0.25, 0.3) is 0 Å². The van der Waals surface area contributed by atoms with Gasteiger partial charge in [0.15, 0.2) is 0 Å². The van der Waals surface area contributed by atoms with E-state index in [0.29, 0.717) is 32.5 Å². The minimum atomic E-state index is -0.790. The minimum Gasteiger partial charge on any atom is -0.481 e. The minimum absolute atomic E-state index is 0.0522. The number of amides is 2. The molecule has 2 atom stereocenters. The third kappa shape index (κ3) is 4.10. The highest BCUT2D eigenvalue weighted by Gasteiger charge is 2.42. The van der Waals surface area contributed by atoms with Crippen molar-refractivity contribution in [1.82, 2.24) is 10.2 Å².